The molecule has 30 heavy (non-hydrogen) atoms. The van der Waals surface area contributed by atoms with Gasteiger partial charge in [0.15, 0.2) is 0 Å². The lowest BCUT2D eigenvalue weighted by atomic mass is 10.2. The molecule has 0 fully saturated rings. The average molecular weight is 510 g/mol. The first-order valence-corrected chi connectivity index (χ1v) is 13.3. The molecule has 10 heteroatoms. The lowest BCUT2D eigenvalue weighted by molar-refractivity contribution is -0.121. The van der Waals surface area contributed by atoms with Crippen LogP contribution in [0, 0.1) is 0 Å². The van der Waals surface area contributed by atoms with Crippen LogP contribution in [0.5, 0.6) is 0 Å². The first-order valence-electron chi connectivity index (χ1n) is 9.18. The predicted molar refractivity (Wildman–Crippen MR) is 129 cm³/mol. The van der Waals surface area contributed by atoms with Gasteiger partial charge in [0.2, 0.25) is 15.9 Å². The van der Waals surface area contributed by atoms with Crippen molar-refractivity contribution in [3.05, 3.63) is 63.1 Å². The molecule has 0 unspecified atom stereocenters. The fraction of sp³-hybridized carbons (Fsp3) is 0.350. The average Bonchev–Trinajstić information content (AvgIpc) is 2.66. The van der Waals surface area contributed by atoms with E-state index in [2.05, 4.69) is 5.32 Å². The van der Waals surface area contributed by atoms with Gasteiger partial charge < -0.3 is 5.32 Å². The zero-order valence-electron chi connectivity index (χ0n) is 16.4. The van der Waals surface area contributed by atoms with E-state index in [1.165, 1.54) is 4.31 Å². The minimum atomic E-state index is -3.45. The van der Waals surface area contributed by atoms with Gasteiger partial charge in [-0.15, -0.1) is 0 Å². The first kappa shape index (κ1) is 25.1. The fourth-order valence-electron chi connectivity index (χ4n) is 2.65. The summed E-state index contributed by atoms with van der Waals surface area (Å²) in [6.45, 7) is 0.749. The summed E-state index contributed by atoms with van der Waals surface area (Å²) in [5.74, 6) is 1.37. The predicted octanol–water partition coefficient (Wildman–Crippen LogP) is 5.24. The molecule has 0 radical (unpaired) electrons. The molecule has 0 bridgehead atoms. The van der Waals surface area contributed by atoms with Crippen LogP contribution in [0.3, 0.4) is 0 Å². The maximum absolute atomic E-state index is 12.1. The van der Waals surface area contributed by atoms with Crippen molar-refractivity contribution in [3.8, 4) is 0 Å². The van der Waals surface area contributed by atoms with Crippen LogP contribution < -0.4 is 9.62 Å². The smallest absolute Gasteiger partial charge is 0.232 e. The van der Waals surface area contributed by atoms with Crippen molar-refractivity contribution in [2.45, 2.75) is 18.6 Å². The lowest BCUT2D eigenvalue weighted by Gasteiger charge is -2.22. The zero-order valence-corrected chi connectivity index (χ0v) is 20.3. The zero-order chi connectivity index (χ0) is 22.1. The van der Waals surface area contributed by atoms with E-state index < -0.39 is 10.0 Å². The normalized spacial score (nSPS) is 11.3. The van der Waals surface area contributed by atoms with Crippen molar-refractivity contribution >= 4 is 68.2 Å². The molecule has 0 spiro atoms. The van der Waals surface area contributed by atoms with Crippen LogP contribution in [-0.4, -0.2) is 39.4 Å². The molecule has 2 aromatic carbocycles. The standard InChI is InChI=1S/C20H23Cl3N2O3S2/c1-30(27,28)25(18-8-6-16(21)7-9-18)11-2-3-20(26)24-10-12-29-14-15-4-5-17(22)13-19(15)23/h4-9,13H,2-3,10-12,14H2,1H3,(H,24,26). The second-order valence-corrected chi connectivity index (χ2v) is 10.8. The summed E-state index contributed by atoms with van der Waals surface area (Å²) in [6, 6.07) is 12.0. The summed E-state index contributed by atoms with van der Waals surface area (Å²) >= 11 is 19.5. The number of hydrogen-bond donors (Lipinski definition) is 1. The number of thioether (sulfide) groups is 1. The van der Waals surface area contributed by atoms with Gasteiger partial charge in [-0.25, -0.2) is 8.42 Å². The Labute approximate surface area is 197 Å². The van der Waals surface area contributed by atoms with Gasteiger partial charge in [0, 0.05) is 46.1 Å². The monoisotopic (exact) mass is 508 g/mol. The van der Waals surface area contributed by atoms with Crippen LogP contribution in [0.2, 0.25) is 15.1 Å². The van der Waals surface area contributed by atoms with Crippen molar-refractivity contribution < 1.29 is 13.2 Å². The Morgan fingerprint density at radius 3 is 2.37 bits per heavy atom. The molecular weight excluding hydrogens is 487 g/mol. The molecule has 2 aromatic rings. The molecule has 0 aliphatic heterocycles. The Kier molecular flexibility index (Phi) is 10.1. The molecule has 1 amide bonds. The topological polar surface area (TPSA) is 66.5 Å². The molecule has 0 saturated heterocycles. The number of nitrogens with one attached hydrogen (secondary N) is 1. The molecule has 5 nitrogen and oxygen atoms in total. The van der Waals surface area contributed by atoms with Crippen molar-refractivity contribution in [2.24, 2.45) is 0 Å². The number of nitrogens with zero attached hydrogens (tertiary/aromatic N) is 1. The van der Waals surface area contributed by atoms with Crippen LogP contribution in [0.15, 0.2) is 42.5 Å². The van der Waals surface area contributed by atoms with Crippen molar-refractivity contribution in [2.75, 3.05) is 29.4 Å². The number of carbonyl (C=O) groups excluding carboxylic acids is 1. The minimum Gasteiger partial charge on any atom is -0.355 e. The summed E-state index contributed by atoms with van der Waals surface area (Å²) in [5, 5.41) is 4.62. The molecule has 0 atom stereocenters. The molecule has 2 rings (SSSR count). The van der Waals surface area contributed by atoms with Gasteiger partial charge in [0.05, 0.1) is 11.9 Å². The van der Waals surface area contributed by atoms with E-state index in [1.807, 2.05) is 6.07 Å². The maximum Gasteiger partial charge on any atom is 0.232 e. The van der Waals surface area contributed by atoms with E-state index in [1.54, 1.807) is 48.2 Å². The summed E-state index contributed by atoms with van der Waals surface area (Å²) < 4.78 is 25.4. The van der Waals surface area contributed by atoms with E-state index in [0.717, 1.165) is 23.3 Å². The number of benzene rings is 2. The third-order valence-electron chi connectivity index (χ3n) is 4.12. The Balaban J connectivity index is 1.70. The Morgan fingerprint density at radius 2 is 1.73 bits per heavy atom. The van der Waals surface area contributed by atoms with E-state index in [4.69, 9.17) is 34.8 Å². The molecule has 0 aliphatic carbocycles. The number of sulfonamides is 1. The second kappa shape index (κ2) is 12.1. The molecule has 0 heterocycles. The van der Waals surface area contributed by atoms with Crippen LogP contribution in [0.4, 0.5) is 5.69 Å². The van der Waals surface area contributed by atoms with Gasteiger partial charge in [-0.1, -0.05) is 40.9 Å². The molecule has 0 saturated carbocycles. The summed E-state index contributed by atoms with van der Waals surface area (Å²) in [6.07, 6.45) is 1.80. The first-order chi connectivity index (χ1) is 14.2. The van der Waals surface area contributed by atoms with Gasteiger partial charge in [0.1, 0.15) is 0 Å². The quantitative estimate of drug-likeness (QED) is 0.421. The van der Waals surface area contributed by atoms with Crippen molar-refractivity contribution in [1.82, 2.24) is 5.32 Å². The van der Waals surface area contributed by atoms with Gasteiger partial charge in [0.25, 0.3) is 0 Å². The van der Waals surface area contributed by atoms with Gasteiger partial charge in [-0.05, 0) is 48.4 Å². The van der Waals surface area contributed by atoms with Crippen LogP contribution >= 0.6 is 46.6 Å². The highest BCUT2D eigenvalue weighted by Gasteiger charge is 2.17. The minimum absolute atomic E-state index is 0.107. The van der Waals surface area contributed by atoms with Gasteiger partial charge in [-0.2, -0.15) is 11.8 Å². The largest absolute Gasteiger partial charge is 0.355 e. The highest BCUT2D eigenvalue weighted by Crippen LogP contribution is 2.24. The van der Waals surface area contributed by atoms with E-state index >= 15 is 0 Å². The highest BCUT2D eigenvalue weighted by atomic mass is 35.5. The molecular formula is C20H23Cl3N2O3S2. The summed E-state index contributed by atoms with van der Waals surface area (Å²) in [5.41, 5.74) is 1.53. The summed E-state index contributed by atoms with van der Waals surface area (Å²) in [7, 11) is -3.45. The number of hydrogen-bond acceptors (Lipinski definition) is 4. The van der Waals surface area contributed by atoms with E-state index in [0.29, 0.717) is 33.7 Å². The Morgan fingerprint density at radius 1 is 1.07 bits per heavy atom. The van der Waals surface area contributed by atoms with Crippen LogP contribution in [0.25, 0.3) is 0 Å². The van der Waals surface area contributed by atoms with Crippen LogP contribution in [0.1, 0.15) is 18.4 Å². The highest BCUT2D eigenvalue weighted by molar-refractivity contribution is 7.98. The van der Waals surface area contributed by atoms with Crippen molar-refractivity contribution in [3.63, 3.8) is 0 Å². The van der Waals surface area contributed by atoms with Crippen LogP contribution in [-0.2, 0) is 20.6 Å². The Hall–Kier alpha value is -1.12. The lowest BCUT2D eigenvalue weighted by Crippen LogP contribution is -2.32. The van der Waals surface area contributed by atoms with E-state index in [9.17, 15) is 13.2 Å². The molecule has 1 N–H and O–H groups in total. The van der Waals surface area contributed by atoms with Gasteiger partial charge in [-0.3, -0.25) is 9.10 Å². The fourth-order valence-corrected chi connectivity index (χ4v) is 5.16. The van der Waals surface area contributed by atoms with Gasteiger partial charge >= 0.3 is 0 Å². The number of halogens is 3. The third-order valence-corrected chi connectivity index (χ3v) is 7.16. The van der Waals surface area contributed by atoms with E-state index in [-0.39, 0.29) is 18.9 Å². The molecule has 0 aromatic heterocycles. The number of anilines is 1. The second-order valence-electron chi connectivity index (χ2n) is 6.55. The number of amides is 1. The SMILES string of the molecule is CS(=O)(=O)N(CCCC(=O)NCCSCc1ccc(Cl)cc1Cl)c1ccc(Cl)cc1. The number of rotatable bonds is 11. The summed E-state index contributed by atoms with van der Waals surface area (Å²) in [4.78, 5) is 12.0. The maximum atomic E-state index is 12.1. The van der Waals surface area contributed by atoms with Crippen molar-refractivity contribution in [1.29, 1.82) is 0 Å². The third kappa shape index (κ3) is 8.55. The Bertz CT molecular complexity index is 954. The molecule has 0 aliphatic rings. The molecule has 164 valence electrons. The number of carbonyl (C=O) groups is 1.